The molecule has 0 aromatic heterocycles. The van der Waals surface area contributed by atoms with E-state index in [1.54, 1.807) is 12.1 Å². The van der Waals surface area contributed by atoms with Gasteiger partial charge < -0.3 is 0 Å². The number of nitriles is 1. The number of thioether (sulfide) groups is 1. The molecule has 22 heavy (non-hydrogen) atoms. The summed E-state index contributed by atoms with van der Waals surface area (Å²) in [6.07, 6.45) is -4.61. The molecule has 0 N–H and O–H groups in total. The number of rotatable bonds is 3. The highest BCUT2D eigenvalue weighted by Crippen LogP contribution is 2.36. The number of hydrogen-bond acceptors (Lipinski definition) is 3. The normalized spacial score (nSPS) is 12.7. The number of thiocyanates is 1. The van der Waals surface area contributed by atoms with Crippen molar-refractivity contribution in [3.63, 3.8) is 0 Å². The molecule has 0 spiro atoms. The third-order valence-electron chi connectivity index (χ3n) is 2.66. The SMILES string of the molecule is N#CSc1ccc(S(=O)c2ccc(Cl)c(C(F)(F)F)c2)cc1. The fourth-order valence-electron chi connectivity index (χ4n) is 1.66. The lowest BCUT2D eigenvalue weighted by atomic mass is 10.2. The Labute approximate surface area is 136 Å². The lowest BCUT2D eigenvalue weighted by molar-refractivity contribution is -0.137. The Balaban J connectivity index is 2.36. The molecule has 0 bridgehead atoms. The summed E-state index contributed by atoms with van der Waals surface area (Å²) in [5.74, 6) is 0. The lowest BCUT2D eigenvalue weighted by Crippen LogP contribution is -2.07. The van der Waals surface area contributed by atoms with Crippen LogP contribution in [0.2, 0.25) is 5.02 Å². The average molecular weight is 362 g/mol. The second kappa shape index (κ2) is 6.73. The molecule has 0 radical (unpaired) electrons. The lowest BCUT2D eigenvalue weighted by Gasteiger charge is -2.11. The van der Waals surface area contributed by atoms with Gasteiger partial charge in [0.25, 0.3) is 0 Å². The van der Waals surface area contributed by atoms with Crippen molar-refractivity contribution in [2.75, 3.05) is 0 Å². The summed E-state index contributed by atoms with van der Waals surface area (Å²) in [7, 11) is -1.76. The standard InChI is InChI=1S/C14H7ClF3NOS2/c15-13-6-5-11(7-12(13)14(16,17)18)22(20)10-3-1-9(2-4-10)21-8-19/h1-7H. The smallest absolute Gasteiger partial charge is 0.249 e. The summed E-state index contributed by atoms with van der Waals surface area (Å²) < 4.78 is 50.8. The summed E-state index contributed by atoms with van der Waals surface area (Å²) >= 11 is 6.47. The molecule has 0 amide bonds. The first kappa shape index (κ1) is 16.9. The first-order chi connectivity index (χ1) is 10.3. The van der Waals surface area contributed by atoms with Crippen LogP contribution in [0.3, 0.4) is 0 Å². The predicted molar refractivity (Wildman–Crippen MR) is 79.0 cm³/mol. The molecule has 1 atom stereocenters. The molecule has 2 nitrogen and oxygen atoms in total. The largest absolute Gasteiger partial charge is 0.417 e. The van der Waals surface area contributed by atoms with Crippen LogP contribution in [0.5, 0.6) is 0 Å². The van der Waals surface area contributed by atoms with Crippen molar-refractivity contribution in [3.8, 4) is 5.40 Å². The Hall–Kier alpha value is -1.49. The maximum Gasteiger partial charge on any atom is 0.417 e. The van der Waals surface area contributed by atoms with Gasteiger partial charge in [-0.3, -0.25) is 0 Å². The quantitative estimate of drug-likeness (QED) is 0.564. The number of alkyl halides is 3. The van der Waals surface area contributed by atoms with Gasteiger partial charge in [0, 0.05) is 14.7 Å². The van der Waals surface area contributed by atoms with Crippen LogP contribution >= 0.6 is 23.4 Å². The van der Waals surface area contributed by atoms with Crippen LogP contribution in [0.1, 0.15) is 5.56 Å². The van der Waals surface area contributed by atoms with E-state index in [1.807, 2.05) is 5.40 Å². The van der Waals surface area contributed by atoms with Crippen LogP contribution in [0.4, 0.5) is 13.2 Å². The summed E-state index contributed by atoms with van der Waals surface area (Å²) in [4.78, 5) is 1.02. The molecule has 0 aliphatic carbocycles. The highest BCUT2D eigenvalue weighted by molar-refractivity contribution is 8.03. The molecule has 0 heterocycles. The summed E-state index contributed by atoms with van der Waals surface area (Å²) in [6.45, 7) is 0. The maximum absolute atomic E-state index is 12.8. The van der Waals surface area contributed by atoms with Gasteiger partial charge in [0.1, 0.15) is 5.40 Å². The van der Waals surface area contributed by atoms with Gasteiger partial charge in [-0.2, -0.15) is 18.4 Å². The molecule has 2 aromatic rings. The van der Waals surface area contributed by atoms with Crippen molar-refractivity contribution in [2.45, 2.75) is 20.9 Å². The minimum atomic E-state index is -4.61. The topological polar surface area (TPSA) is 40.9 Å². The van der Waals surface area contributed by atoms with E-state index in [-0.39, 0.29) is 4.90 Å². The Kier molecular flexibility index (Phi) is 5.16. The fourth-order valence-corrected chi connectivity index (χ4v) is 3.33. The van der Waals surface area contributed by atoms with E-state index < -0.39 is 27.6 Å². The molecule has 0 aliphatic heterocycles. The molecular weight excluding hydrogens is 355 g/mol. The van der Waals surface area contributed by atoms with E-state index in [0.717, 1.165) is 23.9 Å². The summed E-state index contributed by atoms with van der Waals surface area (Å²) in [5, 5.41) is 10.0. The van der Waals surface area contributed by atoms with Gasteiger partial charge in [-0.1, -0.05) is 11.6 Å². The average Bonchev–Trinajstić information content (AvgIpc) is 2.47. The number of benzene rings is 2. The van der Waals surface area contributed by atoms with Gasteiger partial charge in [-0.25, -0.2) is 4.21 Å². The van der Waals surface area contributed by atoms with E-state index in [4.69, 9.17) is 16.9 Å². The van der Waals surface area contributed by atoms with Crippen LogP contribution in [0.25, 0.3) is 0 Å². The van der Waals surface area contributed by atoms with Crippen molar-refractivity contribution >= 4 is 34.2 Å². The van der Waals surface area contributed by atoms with Crippen molar-refractivity contribution in [2.24, 2.45) is 0 Å². The van der Waals surface area contributed by atoms with Gasteiger partial charge in [-0.15, -0.1) is 0 Å². The Morgan fingerprint density at radius 1 is 1.09 bits per heavy atom. The Morgan fingerprint density at radius 3 is 2.23 bits per heavy atom. The second-order valence-electron chi connectivity index (χ2n) is 4.07. The third kappa shape index (κ3) is 3.83. The van der Waals surface area contributed by atoms with E-state index in [0.29, 0.717) is 9.79 Å². The molecular formula is C14H7ClF3NOS2. The zero-order valence-corrected chi connectivity index (χ0v) is 13.1. The highest BCUT2D eigenvalue weighted by atomic mass is 35.5. The van der Waals surface area contributed by atoms with E-state index >= 15 is 0 Å². The third-order valence-corrected chi connectivity index (χ3v) is 4.97. The van der Waals surface area contributed by atoms with Crippen molar-refractivity contribution in [1.82, 2.24) is 0 Å². The zero-order valence-electron chi connectivity index (χ0n) is 10.7. The minimum absolute atomic E-state index is 0.0115. The fraction of sp³-hybridized carbons (Fsp3) is 0.0714. The molecule has 1 unspecified atom stereocenters. The van der Waals surface area contributed by atoms with Gasteiger partial charge >= 0.3 is 6.18 Å². The minimum Gasteiger partial charge on any atom is -0.249 e. The molecule has 2 rings (SSSR count). The molecule has 0 aliphatic rings. The van der Waals surface area contributed by atoms with E-state index in [2.05, 4.69) is 0 Å². The maximum atomic E-state index is 12.8. The van der Waals surface area contributed by atoms with Crippen LogP contribution in [0, 0.1) is 10.7 Å². The Morgan fingerprint density at radius 2 is 1.68 bits per heavy atom. The van der Waals surface area contributed by atoms with Crippen molar-refractivity contribution < 1.29 is 17.4 Å². The predicted octanol–water partition coefficient (Wildman–Crippen LogP) is 5.10. The summed E-state index contributed by atoms with van der Waals surface area (Å²) in [5.41, 5.74) is -1.02. The van der Waals surface area contributed by atoms with Crippen LogP contribution < -0.4 is 0 Å². The van der Waals surface area contributed by atoms with Crippen LogP contribution in [-0.2, 0) is 17.0 Å². The molecule has 2 aromatic carbocycles. The highest BCUT2D eigenvalue weighted by Gasteiger charge is 2.33. The number of nitrogens with zero attached hydrogens (tertiary/aromatic N) is 1. The Bertz CT molecular complexity index is 754. The van der Waals surface area contributed by atoms with Gasteiger partial charge in [0.15, 0.2) is 0 Å². The van der Waals surface area contributed by atoms with Crippen LogP contribution in [0.15, 0.2) is 57.2 Å². The van der Waals surface area contributed by atoms with E-state index in [1.165, 1.54) is 18.2 Å². The molecule has 114 valence electrons. The van der Waals surface area contributed by atoms with Gasteiger partial charge in [0.05, 0.1) is 21.4 Å². The zero-order chi connectivity index (χ0) is 16.3. The van der Waals surface area contributed by atoms with Crippen molar-refractivity contribution in [1.29, 1.82) is 5.26 Å². The second-order valence-corrected chi connectivity index (χ2v) is 6.82. The molecule has 0 fully saturated rings. The van der Waals surface area contributed by atoms with Gasteiger partial charge in [0.2, 0.25) is 0 Å². The molecule has 0 saturated carbocycles. The summed E-state index contributed by atoms with van der Waals surface area (Å²) in [6, 6.07) is 9.36. The van der Waals surface area contributed by atoms with Crippen LogP contribution in [-0.4, -0.2) is 4.21 Å². The molecule has 8 heteroatoms. The number of hydrogen-bond donors (Lipinski definition) is 0. The first-order valence-electron chi connectivity index (χ1n) is 5.77. The van der Waals surface area contributed by atoms with E-state index in [9.17, 15) is 17.4 Å². The van der Waals surface area contributed by atoms with Crippen molar-refractivity contribution in [3.05, 3.63) is 53.1 Å². The monoisotopic (exact) mass is 361 g/mol. The van der Waals surface area contributed by atoms with Gasteiger partial charge in [-0.05, 0) is 54.2 Å². The first-order valence-corrected chi connectivity index (χ1v) is 8.12. The number of halogens is 4. The molecule has 0 saturated heterocycles.